The summed E-state index contributed by atoms with van der Waals surface area (Å²) in [6.07, 6.45) is 1.26. The number of benzene rings is 2. The molecule has 0 saturated carbocycles. The van der Waals surface area contributed by atoms with Crippen molar-refractivity contribution in [3.05, 3.63) is 98.7 Å². The Balaban J connectivity index is 1.53. The van der Waals surface area contributed by atoms with Gasteiger partial charge in [-0.2, -0.15) is 0 Å². The molecular formula is C28H24Cl2N2O4. The molecule has 2 aromatic carbocycles. The van der Waals surface area contributed by atoms with E-state index in [1.807, 2.05) is 32.0 Å². The molecule has 3 aromatic rings. The topological polar surface area (TPSA) is 80.6 Å². The maximum Gasteiger partial charge on any atom is 0.416 e. The van der Waals surface area contributed by atoms with Crippen LogP contribution >= 0.6 is 23.2 Å². The highest BCUT2D eigenvalue weighted by Gasteiger charge is 2.39. The van der Waals surface area contributed by atoms with Crippen LogP contribution < -0.4 is 10.6 Å². The van der Waals surface area contributed by atoms with Crippen molar-refractivity contribution in [1.29, 1.82) is 0 Å². The molecule has 1 aromatic heterocycles. The number of Topliss-reactive ketones (excluding diaryl/α,β-unsaturated/α-hetero) is 1. The van der Waals surface area contributed by atoms with Crippen molar-refractivity contribution < 1.29 is 18.7 Å². The van der Waals surface area contributed by atoms with Gasteiger partial charge >= 0.3 is 6.09 Å². The Bertz CT molecular complexity index is 1440. The Kier molecular flexibility index (Phi) is 6.65. The number of anilines is 1. The van der Waals surface area contributed by atoms with E-state index in [-0.39, 0.29) is 5.78 Å². The highest BCUT2D eigenvalue weighted by Crippen LogP contribution is 2.44. The third kappa shape index (κ3) is 4.66. The quantitative estimate of drug-likeness (QED) is 0.366. The minimum atomic E-state index is -0.677. The van der Waals surface area contributed by atoms with Crippen LogP contribution in [0.5, 0.6) is 0 Å². The van der Waals surface area contributed by atoms with Gasteiger partial charge < -0.3 is 14.5 Å². The zero-order valence-electron chi connectivity index (χ0n) is 19.8. The number of allylic oxidation sites excluding steroid dienone is 3. The first-order chi connectivity index (χ1) is 17.3. The first-order valence-electron chi connectivity index (χ1n) is 11.7. The molecule has 1 aliphatic heterocycles. The minimum absolute atomic E-state index is 0.000370. The summed E-state index contributed by atoms with van der Waals surface area (Å²) in [7, 11) is 0. The first-order valence-corrected chi connectivity index (χ1v) is 12.4. The van der Waals surface area contributed by atoms with E-state index in [2.05, 4.69) is 10.6 Å². The molecule has 0 bridgehead atoms. The van der Waals surface area contributed by atoms with Crippen LogP contribution in [0, 0.1) is 6.92 Å². The van der Waals surface area contributed by atoms with Crippen LogP contribution in [0.15, 0.2) is 81.7 Å². The molecule has 6 nitrogen and oxygen atoms in total. The molecule has 2 heterocycles. The van der Waals surface area contributed by atoms with Crippen LogP contribution in [0.1, 0.15) is 43.4 Å². The number of dihydropyridines is 1. The molecule has 5 rings (SSSR count). The van der Waals surface area contributed by atoms with Gasteiger partial charge in [-0.25, -0.2) is 4.79 Å². The zero-order chi connectivity index (χ0) is 25.4. The van der Waals surface area contributed by atoms with Gasteiger partial charge in [0.25, 0.3) is 0 Å². The van der Waals surface area contributed by atoms with E-state index in [9.17, 15) is 9.59 Å². The second-order valence-corrected chi connectivity index (χ2v) is 9.72. The zero-order valence-corrected chi connectivity index (χ0v) is 21.3. The lowest BCUT2D eigenvalue weighted by Crippen LogP contribution is -2.33. The Morgan fingerprint density at radius 3 is 2.69 bits per heavy atom. The van der Waals surface area contributed by atoms with E-state index in [4.69, 9.17) is 32.4 Å². The van der Waals surface area contributed by atoms with E-state index in [0.29, 0.717) is 56.3 Å². The number of ketones is 1. The number of hydrogen-bond donors (Lipinski definition) is 2. The molecule has 2 aliphatic rings. The van der Waals surface area contributed by atoms with Crippen LogP contribution in [0.2, 0.25) is 10.0 Å². The van der Waals surface area contributed by atoms with Gasteiger partial charge in [0.15, 0.2) is 5.78 Å². The van der Waals surface area contributed by atoms with Crippen molar-refractivity contribution in [1.82, 2.24) is 5.32 Å². The molecule has 2 N–H and O–H groups in total. The minimum Gasteiger partial charge on any atom is -0.460 e. The third-order valence-electron chi connectivity index (χ3n) is 6.40. The van der Waals surface area contributed by atoms with Crippen molar-refractivity contribution in [2.45, 2.75) is 39.0 Å². The van der Waals surface area contributed by atoms with Crippen molar-refractivity contribution in [2.75, 3.05) is 5.32 Å². The lowest BCUT2D eigenvalue weighted by Gasteiger charge is -2.33. The number of rotatable bonds is 4. The number of hydrogen-bond acceptors (Lipinski definition) is 5. The van der Waals surface area contributed by atoms with Crippen LogP contribution in [-0.4, -0.2) is 11.9 Å². The Hall–Kier alpha value is -3.48. The average Bonchev–Trinajstić information content (AvgIpc) is 3.32. The molecule has 1 amide bonds. The van der Waals surface area contributed by atoms with Crippen molar-refractivity contribution >= 4 is 40.8 Å². The summed E-state index contributed by atoms with van der Waals surface area (Å²) in [6, 6.07) is 16.1. The molecule has 0 spiro atoms. The van der Waals surface area contributed by atoms with Crippen molar-refractivity contribution in [3.8, 4) is 11.3 Å². The molecule has 36 heavy (non-hydrogen) atoms. The Morgan fingerprint density at radius 1 is 1.08 bits per heavy atom. The fourth-order valence-corrected chi connectivity index (χ4v) is 5.04. The van der Waals surface area contributed by atoms with Crippen LogP contribution in [-0.2, 0) is 9.53 Å². The van der Waals surface area contributed by atoms with Crippen molar-refractivity contribution in [3.63, 3.8) is 0 Å². The van der Waals surface area contributed by atoms with Gasteiger partial charge in [0.05, 0.1) is 10.7 Å². The second kappa shape index (κ2) is 9.88. The molecule has 8 heteroatoms. The number of carbonyl (C=O) groups is 2. The number of halogens is 2. The summed E-state index contributed by atoms with van der Waals surface area (Å²) in [5.74, 6) is 0.614. The fourth-order valence-electron chi connectivity index (χ4n) is 4.66. The normalized spacial score (nSPS) is 17.6. The van der Waals surface area contributed by atoms with Gasteiger partial charge in [-0.05, 0) is 68.7 Å². The molecule has 1 atom stereocenters. The highest BCUT2D eigenvalue weighted by atomic mass is 35.5. The Morgan fingerprint density at radius 2 is 1.89 bits per heavy atom. The van der Waals surface area contributed by atoms with Crippen LogP contribution in [0.4, 0.5) is 10.5 Å². The summed E-state index contributed by atoms with van der Waals surface area (Å²) in [4.78, 5) is 26.1. The summed E-state index contributed by atoms with van der Waals surface area (Å²) < 4.78 is 12.1. The second-order valence-electron chi connectivity index (χ2n) is 8.87. The molecule has 1 unspecified atom stereocenters. The summed E-state index contributed by atoms with van der Waals surface area (Å²) >= 11 is 12.6. The fraction of sp³-hybridized carbons (Fsp3) is 0.214. The van der Waals surface area contributed by atoms with Crippen molar-refractivity contribution in [2.24, 2.45) is 0 Å². The molecule has 0 radical (unpaired) electrons. The number of nitrogens with one attached hydrogen (secondary N) is 2. The molecule has 1 aliphatic carbocycles. The number of para-hydroxylation sites is 1. The number of amides is 1. The molecular weight excluding hydrogens is 499 g/mol. The monoisotopic (exact) mass is 522 g/mol. The maximum atomic E-state index is 13.1. The molecule has 0 fully saturated rings. The van der Waals surface area contributed by atoms with E-state index < -0.39 is 12.0 Å². The molecule has 184 valence electrons. The maximum absolute atomic E-state index is 13.1. The lowest BCUT2D eigenvalue weighted by molar-refractivity contribution is -0.116. The predicted molar refractivity (Wildman–Crippen MR) is 140 cm³/mol. The van der Waals surface area contributed by atoms with Gasteiger partial charge in [0, 0.05) is 34.0 Å². The first kappa shape index (κ1) is 24.2. The van der Waals surface area contributed by atoms with E-state index in [1.54, 1.807) is 36.4 Å². The standard InChI is InChI=1S/C28H24Cl2N2O4/c1-15-6-3-4-7-20(15)32-28(34)36-27-16(2)31-21-8-5-9-22(33)25(21)26(27)24-13-12-23(35-24)18-14-17(29)10-11-19(18)30/h3-4,6-7,10-14,26,31H,5,8-9H2,1-2H3,(H,32,34). The van der Waals surface area contributed by atoms with Crippen LogP contribution in [0.3, 0.4) is 0 Å². The smallest absolute Gasteiger partial charge is 0.416 e. The van der Waals surface area contributed by atoms with Gasteiger partial charge in [-0.3, -0.25) is 10.1 Å². The number of ether oxygens (including phenoxy) is 1. The van der Waals surface area contributed by atoms with E-state index in [1.165, 1.54) is 0 Å². The summed E-state index contributed by atoms with van der Waals surface area (Å²) in [5, 5.41) is 7.09. The lowest BCUT2D eigenvalue weighted by atomic mass is 9.81. The molecule has 0 saturated heterocycles. The predicted octanol–water partition coefficient (Wildman–Crippen LogP) is 7.74. The van der Waals surface area contributed by atoms with Crippen LogP contribution in [0.25, 0.3) is 11.3 Å². The largest absolute Gasteiger partial charge is 0.460 e. The van der Waals surface area contributed by atoms with Gasteiger partial charge in [-0.15, -0.1) is 0 Å². The number of aryl methyl sites for hydroxylation is 1. The summed E-state index contributed by atoms with van der Waals surface area (Å²) in [6.45, 7) is 3.72. The van der Waals surface area contributed by atoms with Gasteiger partial charge in [0.1, 0.15) is 23.2 Å². The SMILES string of the molecule is CC1=C(OC(=O)Nc2ccccc2C)C(c2ccc(-c3cc(Cl)ccc3Cl)o2)C2=C(CCCC2=O)N1. The van der Waals surface area contributed by atoms with E-state index >= 15 is 0 Å². The van der Waals surface area contributed by atoms with Gasteiger partial charge in [0.2, 0.25) is 0 Å². The van der Waals surface area contributed by atoms with E-state index in [0.717, 1.165) is 24.1 Å². The van der Waals surface area contributed by atoms with Gasteiger partial charge in [-0.1, -0.05) is 41.4 Å². The third-order valence-corrected chi connectivity index (χ3v) is 6.97. The Labute approximate surface area is 218 Å². The average molecular weight is 523 g/mol. The highest BCUT2D eigenvalue weighted by molar-refractivity contribution is 6.35. The number of furan rings is 1. The summed E-state index contributed by atoms with van der Waals surface area (Å²) in [5.41, 5.74) is 4.22. The number of carbonyl (C=O) groups excluding carboxylic acids is 2.